The summed E-state index contributed by atoms with van der Waals surface area (Å²) in [6, 6.07) is 5.71. The summed E-state index contributed by atoms with van der Waals surface area (Å²) in [7, 11) is 1.15. The van der Waals surface area contributed by atoms with Crippen molar-refractivity contribution in [3.8, 4) is 5.75 Å². The number of ether oxygens (including phenoxy) is 2. The van der Waals surface area contributed by atoms with Crippen LogP contribution < -0.4 is 10.1 Å². The summed E-state index contributed by atoms with van der Waals surface area (Å²) in [5.41, 5.74) is -2.10. The molecule has 1 rings (SSSR count). The molecule has 47 heavy (non-hydrogen) atoms. The average molecular weight is 672 g/mol. The van der Waals surface area contributed by atoms with Crippen LogP contribution in [0.25, 0.3) is 0 Å². The number of amides is 1. The molecule has 1 amide bonds. The van der Waals surface area contributed by atoms with Crippen molar-refractivity contribution in [3.05, 3.63) is 42.0 Å². The highest BCUT2D eigenvalue weighted by atomic mass is 19.3. The molecule has 1 aromatic rings. The van der Waals surface area contributed by atoms with E-state index in [1.165, 1.54) is 12.2 Å². The zero-order chi connectivity index (χ0) is 35.1. The van der Waals surface area contributed by atoms with E-state index in [-0.39, 0.29) is 19.3 Å². The maximum Gasteiger partial charge on any atom is 0.336 e. The predicted molar refractivity (Wildman–Crippen MR) is 176 cm³/mol. The van der Waals surface area contributed by atoms with Crippen molar-refractivity contribution in [1.29, 1.82) is 0 Å². The predicted octanol–water partition coefficient (Wildman–Crippen LogP) is 7.75. The van der Waals surface area contributed by atoms with Crippen LogP contribution in [0.15, 0.2) is 36.4 Å². The second-order valence-corrected chi connectivity index (χ2v) is 12.2. The van der Waals surface area contributed by atoms with E-state index >= 15 is 0 Å². The number of carboxylic acid groups (broad SMARTS) is 1. The molecular formula is C36H56F3NO7. The summed E-state index contributed by atoms with van der Waals surface area (Å²) in [6.45, 7) is 3.50. The van der Waals surface area contributed by atoms with Gasteiger partial charge in [0, 0.05) is 25.7 Å². The molecule has 0 bridgehead atoms. The Kier molecular flexibility index (Phi) is 20.8. The van der Waals surface area contributed by atoms with Crippen molar-refractivity contribution < 1.29 is 47.2 Å². The molecule has 3 N–H and O–H groups in total. The Morgan fingerprint density at radius 2 is 1.49 bits per heavy atom. The molecule has 0 saturated carbocycles. The van der Waals surface area contributed by atoms with Gasteiger partial charge in [0.15, 0.2) is 5.60 Å². The number of benzene rings is 1. The number of hydrogen-bond acceptors (Lipinski definition) is 6. The molecule has 0 heterocycles. The number of aliphatic hydroxyl groups is 1. The van der Waals surface area contributed by atoms with Crippen LogP contribution in [-0.4, -0.2) is 66.0 Å². The van der Waals surface area contributed by atoms with Crippen molar-refractivity contribution in [2.24, 2.45) is 5.92 Å². The smallest absolute Gasteiger partial charge is 0.336 e. The quantitative estimate of drug-likeness (QED) is 0.0497. The summed E-state index contributed by atoms with van der Waals surface area (Å²) in [5, 5.41) is 23.2. The van der Waals surface area contributed by atoms with Gasteiger partial charge in [0.25, 0.3) is 0 Å². The third-order valence-corrected chi connectivity index (χ3v) is 8.21. The molecule has 8 nitrogen and oxygen atoms in total. The lowest BCUT2D eigenvalue weighted by Crippen LogP contribution is -2.55. The van der Waals surface area contributed by atoms with Gasteiger partial charge in [0.2, 0.25) is 11.8 Å². The molecular weight excluding hydrogens is 615 g/mol. The molecule has 0 aliphatic rings. The Labute approximate surface area is 278 Å². The fourth-order valence-corrected chi connectivity index (χ4v) is 5.24. The number of carbonyl (C=O) groups excluding carboxylic acids is 2. The van der Waals surface area contributed by atoms with Crippen LogP contribution in [0.1, 0.15) is 116 Å². The monoisotopic (exact) mass is 671 g/mol. The highest BCUT2D eigenvalue weighted by Crippen LogP contribution is 2.29. The number of hydrogen-bond donors (Lipinski definition) is 3. The Hall–Kier alpha value is -3.08. The minimum atomic E-state index is -2.77. The Morgan fingerprint density at radius 3 is 2.04 bits per heavy atom. The van der Waals surface area contributed by atoms with Crippen LogP contribution in [0.2, 0.25) is 0 Å². The van der Waals surface area contributed by atoms with Crippen molar-refractivity contribution >= 4 is 17.8 Å². The van der Waals surface area contributed by atoms with Crippen LogP contribution in [-0.2, 0) is 25.5 Å². The molecule has 3 atom stereocenters. The zero-order valence-corrected chi connectivity index (χ0v) is 28.4. The normalized spacial score (nSPS) is 14.4. The van der Waals surface area contributed by atoms with Gasteiger partial charge in [0.05, 0.1) is 26.3 Å². The third-order valence-electron chi connectivity index (χ3n) is 8.21. The number of aliphatic carboxylic acids is 1. The standard InChI is InChI=1S/C36H56F3NO7/c1-4-6-8-12-15-22-35(38,39)23-16-13-10-9-11-14-17-30(36(45,24-25-37)34(43)44)32(41)40-31(33(42)46-3)27-28-18-20-29(21-19-28)47-26-7-5-2/h14,17-21,30-31,45H,4-13,15-16,22-27H2,1-3H3,(H,40,41)(H,43,44)/t30-,31+,36+/m1/s1. The van der Waals surface area contributed by atoms with Gasteiger partial charge in [-0.05, 0) is 49.8 Å². The number of esters is 1. The zero-order valence-electron chi connectivity index (χ0n) is 28.4. The van der Waals surface area contributed by atoms with Gasteiger partial charge < -0.3 is 25.0 Å². The van der Waals surface area contributed by atoms with Crippen molar-refractivity contribution in [3.63, 3.8) is 0 Å². The van der Waals surface area contributed by atoms with Gasteiger partial charge in [-0.15, -0.1) is 0 Å². The van der Waals surface area contributed by atoms with Gasteiger partial charge in [-0.1, -0.05) is 83.1 Å². The largest absolute Gasteiger partial charge is 0.494 e. The highest BCUT2D eigenvalue weighted by Gasteiger charge is 2.47. The van der Waals surface area contributed by atoms with E-state index in [0.29, 0.717) is 56.4 Å². The maximum absolute atomic E-state index is 14.1. The second kappa shape index (κ2) is 23.3. The van der Waals surface area contributed by atoms with Gasteiger partial charge in [-0.25, -0.2) is 18.4 Å². The van der Waals surface area contributed by atoms with Gasteiger partial charge >= 0.3 is 11.9 Å². The first-order valence-electron chi connectivity index (χ1n) is 17.1. The van der Waals surface area contributed by atoms with E-state index < -0.39 is 54.4 Å². The minimum absolute atomic E-state index is 0.0105. The number of methoxy groups -OCH3 is 1. The maximum atomic E-state index is 14.1. The summed E-state index contributed by atoms with van der Waals surface area (Å²) in [4.78, 5) is 38.1. The number of nitrogens with one attached hydrogen (secondary N) is 1. The first-order valence-corrected chi connectivity index (χ1v) is 17.1. The Bertz CT molecular complexity index is 1070. The molecule has 11 heteroatoms. The topological polar surface area (TPSA) is 122 Å². The van der Waals surface area contributed by atoms with Crippen LogP contribution in [0, 0.1) is 5.92 Å². The SMILES string of the molecule is CCCCCCCC(F)(F)CCCCCCC=C[C@H](C(=O)N[C@@H](Cc1ccc(OCCCC)cc1)C(=O)OC)[C@@](O)(CCF)C(=O)O. The fraction of sp³-hybridized carbons (Fsp3) is 0.694. The Morgan fingerprint density at radius 1 is 0.894 bits per heavy atom. The van der Waals surface area contributed by atoms with Crippen LogP contribution in [0.4, 0.5) is 13.2 Å². The first-order chi connectivity index (χ1) is 22.4. The molecule has 0 aromatic heterocycles. The number of carboxylic acids is 1. The summed E-state index contributed by atoms with van der Waals surface area (Å²) < 4.78 is 52.2. The average Bonchev–Trinajstić information content (AvgIpc) is 3.04. The van der Waals surface area contributed by atoms with Crippen LogP contribution in [0.3, 0.4) is 0 Å². The van der Waals surface area contributed by atoms with Crippen molar-refractivity contribution in [2.75, 3.05) is 20.4 Å². The van der Waals surface area contributed by atoms with E-state index in [0.717, 1.165) is 45.6 Å². The molecule has 0 spiro atoms. The summed E-state index contributed by atoms with van der Waals surface area (Å²) in [5.74, 6) is -7.27. The van der Waals surface area contributed by atoms with E-state index in [4.69, 9.17) is 9.47 Å². The summed E-state index contributed by atoms with van der Waals surface area (Å²) in [6.07, 6.45) is 10.6. The number of halogens is 3. The lowest BCUT2D eigenvalue weighted by Gasteiger charge is -2.30. The molecule has 0 aliphatic carbocycles. The van der Waals surface area contributed by atoms with Crippen molar-refractivity contribution in [2.45, 2.75) is 134 Å². The van der Waals surface area contributed by atoms with Gasteiger partial charge in [-0.2, -0.15) is 0 Å². The third kappa shape index (κ3) is 16.5. The fourth-order valence-electron chi connectivity index (χ4n) is 5.24. The molecule has 0 aliphatic heterocycles. The number of rotatable bonds is 27. The molecule has 0 unspecified atom stereocenters. The number of unbranched alkanes of at least 4 members (excludes halogenated alkanes) is 9. The van der Waals surface area contributed by atoms with E-state index in [9.17, 15) is 37.8 Å². The number of carbonyl (C=O) groups is 3. The number of alkyl halides is 3. The van der Waals surface area contributed by atoms with Crippen molar-refractivity contribution in [1.82, 2.24) is 5.32 Å². The van der Waals surface area contributed by atoms with Crippen LogP contribution >= 0.6 is 0 Å². The van der Waals surface area contributed by atoms with E-state index in [1.807, 2.05) is 0 Å². The Balaban J connectivity index is 2.83. The van der Waals surface area contributed by atoms with Gasteiger partial charge in [-0.3, -0.25) is 9.18 Å². The lowest BCUT2D eigenvalue weighted by atomic mass is 9.83. The second-order valence-electron chi connectivity index (χ2n) is 12.2. The van der Waals surface area contributed by atoms with E-state index in [2.05, 4.69) is 19.2 Å². The molecule has 1 aromatic carbocycles. The van der Waals surface area contributed by atoms with E-state index in [1.54, 1.807) is 24.3 Å². The van der Waals surface area contributed by atoms with Crippen LogP contribution in [0.5, 0.6) is 5.75 Å². The highest BCUT2D eigenvalue weighted by molar-refractivity contribution is 5.92. The lowest BCUT2D eigenvalue weighted by molar-refractivity contribution is -0.168. The summed E-state index contributed by atoms with van der Waals surface area (Å²) >= 11 is 0. The molecule has 0 fully saturated rings. The number of allylic oxidation sites excluding steroid dienone is 1. The molecule has 0 radical (unpaired) electrons. The first kappa shape index (κ1) is 41.9. The molecule has 268 valence electrons. The molecule has 0 saturated heterocycles. The van der Waals surface area contributed by atoms with Gasteiger partial charge in [0.1, 0.15) is 11.8 Å². The minimum Gasteiger partial charge on any atom is -0.494 e.